The lowest BCUT2D eigenvalue weighted by atomic mass is 10.1. The van der Waals surface area contributed by atoms with Crippen molar-refractivity contribution >= 4 is 33.6 Å². The minimum absolute atomic E-state index is 0.0237. The molecule has 0 saturated carbocycles. The molecule has 0 bridgehead atoms. The molecule has 0 unspecified atom stereocenters. The highest BCUT2D eigenvalue weighted by atomic mass is 79.9. The first-order chi connectivity index (χ1) is 15.4. The van der Waals surface area contributed by atoms with Gasteiger partial charge < -0.3 is 14.8 Å². The largest absolute Gasteiger partial charge is 0.493 e. The molecular weight excluding hydrogens is 468 g/mol. The fourth-order valence-corrected chi connectivity index (χ4v) is 3.54. The molecule has 3 aromatic rings. The third kappa shape index (κ3) is 5.77. The SMILES string of the molecule is COc1cc(/C=C(/C#N)C(=O)Nc2ccccc2C)c(Br)cc1OCc1cccc(C)c1. The van der Waals surface area contributed by atoms with Gasteiger partial charge in [0.05, 0.1) is 7.11 Å². The number of benzene rings is 3. The van der Waals surface area contributed by atoms with Crippen LogP contribution < -0.4 is 14.8 Å². The van der Waals surface area contributed by atoms with E-state index in [0.717, 1.165) is 16.7 Å². The van der Waals surface area contributed by atoms with E-state index in [1.54, 1.807) is 25.3 Å². The molecule has 3 aromatic carbocycles. The first kappa shape index (κ1) is 23.1. The van der Waals surface area contributed by atoms with E-state index in [0.29, 0.717) is 33.8 Å². The lowest BCUT2D eigenvalue weighted by molar-refractivity contribution is -0.112. The summed E-state index contributed by atoms with van der Waals surface area (Å²) in [5.41, 5.74) is 4.39. The molecule has 0 aliphatic rings. The number of halogens is 1. The van der Waals surface area contributed by atoms with E-state index in [9.17, 15) is 10.1 Å². The van der Waals surface area contributed by atoms with Crippen LogP contribution in [0, 0.1) is 25.2 Å². The Hall–Kier alpha value is -3.56. The molecule has 0 aromatic heterocycles. The molecule has 0 heterocycles. The van der Waals surface area contributed by atoms with Crippen LogP contribution in [-0.4, -0.2) is 13.0 Å². The quantitative estimate of drug-likeness (QED) is 0.316. The maximum absolute atomic E-state index is 12.6. The number of nitrogens with zero attached hydrogens (tertiary/aromatic N) is 1. The molecule has 5 nitrogen and oxygen atoms in total. The van der Waals surface area contributed by atoms with Crippen molar-refractivity contribution in [1.29, 1.82) is 5.26 Å². The maximum Gasteiger partial charge on any atom is 0.266 e. The fraction of sp³-hybridized carbons (Fsp3) is 0.154. The molecule has 1 amide bonds. The third-order valence-electron chi connectivity index (χ3n) is 4.82. The van der Waals surface area contributed by atoms with E-state index in [4.69, 9.17) is 9.47 Å². The number of nitrogens with one attached hydrogen (secondary N) is 1. The zero-order chi connectivity index (χ0) is 23.1. The maximum atomic E-state index is 12.6. The second-order valence-electron chi connectivity index (χ2n) is 7.24. The summed E-state index contributed by atoms with van der Waals surface area (Å²) in [6, 6.07) is 21.0. The average molecular weight is 491 g/mol. The molecular formula is C26H23BrN2O3. The minimum Gasteiger partial charge on any atom is -0.493 e. The number of nitriles is 1. The Morgan fingerprint density at radius 3 is 2.56 bits per heavy atom. The normalized spacial score (nSPS) is 10.9. The van der Waals surface area contributed by atoms with E-state index in [-0.39, 0.29) is 5.57 Å². The van der Waals surface area contributed by atoms with Crippen LogP contribution in [-0.2, 0) is 11.4 Å². The Bertz CT molecular complexity index is 1210. The van der Waals surface area contributed by atoms with E-state index in [1.807, 2.05) is 56.3 Å². The van der Waals surface area contributed by atoms with Crippen LogP contribution in [0.3, 0.4) is 0 Å². The molecule has 0 aliphatic heterocycles. The Labute approximate surface area is 196 Å². The van der Waals surface area contributed by atoms with Crippen LogP contribution in [0.5, 0.6) is 11.5 Å². The van der Waals surface area contributed by atoms with Gasteiger partial charge in [-0.15, -0.1) is 0 Å². The molecule has 0 atom stereocenters. The third-order valence-corrected chi connectivity index (χ3v) is 5.50. The van der Waals surface area contributed by atoms with Crippen LogP contribution in [0.15, 0.2) is 70.7 Å². The number of hydrogen-bond donors (Lipinski definition) is 1. The van der Waals surface area contributed by atoms with Gasteiger partial charge in [-0.2, -0.15) is 5.26 Å². The Balaban J connectivity index is 1.83. The lowest BCUT2D eigenvalue weighted by Crippen LogP contribution is -2.14. The molecule has 0 radical (unpaired) electrons. The number of carbonyl (C=O) groups is 1. The van der Waals surface area contributed by atoms with E-state index in [2.05, 4.69) is 27.3 Å². The predicted molar refractivity (Wildman–Crippen MR) is 130 cm³/mol. The van der Waals surface area contributed by atoms with Gasteiger partial charge in [-0.1, -0.05) is 64.0 Å². The lowest BCUT2D eigenvalue weighted by Gasteiger charge is -2.13. The van der Waals surface area contributed by atoms with Gasteiger partial charge in [0, 0.05) is 10.2 Å². The first-order valence-electron chi connectivity index (χ1n) is 9.96. The van der Waals surface area contributed by atoms with Crippen LogP contribution >= 0.6 is 15.9 Å². The zero-order valence-electron chi connectivity index (χ0n) is 18.1. The monoisotopic (exact) mass is 490 g/mol. The van der Waals surface area contributed by atoms with Crippen molar-refractivity contribution < 1.29 is 14.3 Å². The van der Waals surface area contributed by atoms with Gasteiger partial charge >= 0.3 is 0 Å². The highest BCUT2D eigenvalue weighted by Gasteiger charge is 2.14. The number of anilines is 1. The standard InChI is InChI=1S/C26H23BrN2O3/c1-17-7-6-9-19(11-17)16-32-25-14-22(27)20(13-24(25)31-3)12-21(15-28)26(30)29-23-10-5-4-8-18(23)2/h4-14H,16H2,1-3H3,(H,29,30)/b21-12-. The van der Waals surface area contributed by atoms with Gasteiger partial charge in [0.15, 0.2) is 11.5 Å². The molecule has 6 heteroatoms. The van der Waals surface area contributed by atoms with Gasteiger partial charge in [0.2, 0.25) is 0 Å². The zero-order valence-corrected chi connectivity index (χ0v) is 19.7. The molecule has 162 valence electrons. The molecule has 1 N–H and O–H groups in total. The molecule has 3 rings (SSSR count). The smallest absolute Gasteiger partial charge is 0.266 e. The Kier molecular flexibility index (Phi) is 7.69. The number of carbonyl (C=O) groups excluding carboxylic acids is 1. The number of hydrogen-bond acceptors (Lipinski definition) is 4. The summed E-state index contributed by atoms with van der Waals surface area (Å²) in [6.07, 6.45) is 1.52. The number of methoxy groups -OCH3 is 1. The van der Waals surface area contributed by atoms with Crippen molar-refractivity contribution in [2.75, 3.05) is 12.4 Å². The van der Waals surface area contributed by atoms with Crippen molar-refractivity contribution in [3.63, 3.8) is 0 Å². The van der Waals surface area contributed by atoms with Gasteiger partial charge in [0.1, 0.15) is 18.2 Å². The number of ether oxygens (including phenoxy) is 2. The van der Waals surface area contributed by atoms with Gasteiger partial charge in [-0.3, -0.25) is 4.79 Å². The van der Waals surface area contributed by atoms with Gasteiger partial charge in [-0.05, 0) is 54.8 Å². The Morgan fingerprint density at radius 1 is 1.09 bits per heavy atom. The van der Waals surface area contributed by atoms with Crippen LogP contribution in [0.25, 0.3) is 6.08 Å². The summed E-state index contributed by atoms with van der Waals surface area (Å²) in [5.74, 6) is 0.581. The number of rotatable bonds is 7. The number of amides is 1. The highest BCUT2D eigenvalue weighted by Crippen LogP contribution is 2.35. The molecule has 0 aliphatic carbocycles. The first-order valence-corrected chi connectivity index (χ1v) is 10.7. The van der Waals surface area contributed by atoms with E-state index in [1.165, 1.54) is 6.08 Å². The highest BCUT2D eigenvalue weighted by molar-refractivity contribution is 9.10. The molecule has 0 spiro atoms. The Morgan fingerprint density at radius 2 is 1.88 bits per heavy atom. The van der Waals surface area contributed by atoms with Crippen molar-refractivity contribution in [3.05, 3.63) is 93.0 Å². The summed E-state index contributed by atoms with van der Waals surface area (Å²) in [5, 5.41) is 12.3. The summed E-state index contributed by atoms with van der Waals surface area (Å²) >= 11 is 3.51. The average Bonchev–Trinajstić information content (AvgIpc) is 2.78. The van der Waals surface area contributed by atoms with Gasteiger partial charge in [0.25, 0.3) is 5.91 Å². The summed E-state index contributed by atoms with van der Waals surface area (Å²) < 4.78 is 12.1. The summed E-state index contributed by atoms with van der Waals surface area (Å²) in [4.78, 5) is 12.6. The fourth-order valence-electron chi connectivity index (χ4n) is 3.10. The van der Waals surface area contributed by atoms with Crippen LogP contribution in [0.1, 0.15) is 22.3 Å². The number of aryl methyl sites for hydroxylation is 2. The van der Waals surface area contributed by atoms with E-state index < -0.39 is 5.91 Å². The van der Waals surface area contributed by atoms with Crippen molar-refractivity contribution in [1.82, 2.24) is 0 Å². The summed E-state index contributed by atoms with van der Waals surface area (Å²) in [6.45, 7) is 4.31. The topological polar surface area (TPSA) is 71.3 Å². The summed E-state index contributed by atoms with van der Waals surface area (Å²) in [7, 11) is 1.55. The predicted octanol–water partition coefficient (Wildman–Crippen LogP) is 6.20. The van der Waals surface area contributed by atoms with Gasteiger partial charge in [-0.25, -0.2) is 0 Å². The second-order valence-corrected chi connectivity index (χ2v) is 8.10. The van der Waals surface area contributed by atoms with E-state index >= 15 is 0 Å². The van der Waals surface area contributed by atoms with Crippen LogP contribution in [0.2, 0.25) is 0 Å². The molecule has 0 saturated heterocycles. The molecule has 0 fully saturated rings. The number of para-hydroxylation sites is 1. The minimum atomic E-state index is -0.479. The van der Waals surface area contributed by atoms with Crippen molar-refractivity contribution in [3.8, 4) is 17.6 Å². The van der Waals surface area contributed by atoms with Crippen molar-refractivity contribution in [2.24, 2.45) is 0 Å². The molecule has 32 heavy (non-hydrogen) atoms. The van der Waals surface area contributed by atoms with Crippen LogP contribution in [0.4, 0.5) is 5.69 Å². The van der Waals surface area contributed by atoms with Crippen molar-refractivity contribution in [2.45, 2.75) is 20.5 Å². The second kappa shape index (κ2) is 10.7.